The molecule has 0 saturated heterocycles. The van der Waals surface area contributed by atoms with Crippen LogP contribution in [0.25, 0.3) is 11.3 Å². The zero-order valence-electron chi connectivity index (χ0n) is 18.4. The Bertz CT molecular complexity index is 1340. The fourth-order valence-electron chi connectivity index (χ4n) is 3.89. The van der Waals surface area contributed by atoms with Crippen molar-refractivity contribution in [3.05, 3.63) is 35.0 Å². The number of nitrogens with zero attached hydrogens (tertiary/aromatic N) is 1. The van der Waals surface area contributed by atoms with Crippen LogP contribution in [0.2, 0.25) is 0 Å². The van der Waals surface area contributed by atoms with Crippen LogP contribution in [-0.4, -0.2) is 58.5 Å². The fraction of sp³-hybridized carbons (Fsp3) is 0.429. The van der Waals surface area contributed by atoms with Gasteiger partial charge >= 0.3 is 0 Å². The number of carbonyl (C=O) groups is 3. The highest BCUT2D eigenvalue weighted by atomic mass is 32.2. The number of ketones is 3. The summed E-state index contributed by atoms with van der Waals surface area (Å²) in [6.45, 7) is 2.84. The van der Waals surface area contributed by atoms with E-state index < -0.39 is 49.1 Å². The maximum Gasteiger partial charge on any atom is 0.264 e. The maximum absolute atomic E-state index is 13.3. The Morgan fingerprint density at radius 1 is 1.09 bits per heavy atom. The van der Waals surface area contributed by atoms with Gasteiger partial charge in [0, 0.05) is 36.3 Å². The highest BCUT2D eigenvalue weighted by Gasteiger charge is 2.41. The Morgan fingerprint density at radius 2 is 1.70 bits per heavy atom. The highest BCUT2D eigenvalue weighted by molar-refractivity contribution is 7.90. The van der Waals surface area contributed by atoms with Gasteiger partial charge in [-0.05, 0) is 37.5 Å². The maximum atomic E-state index is 13.3. The molecule has 3 rings (SSSR count). The number of Topliss-reactive ketones (excluding diaryl/α,β-unsaturated/α-hetero) is 3. The molecule has 33 heavy (non-hydrogen) atoms. The van der Waals surface area contributed by atoms with E-state index >= 15 is 0 Å². The van der Waals surface area contributed by atoms with E-state index in [-0.39, 0.29) is 46.8 Å². The van der Waals surface area contributed by atoms with Crippen molar-refractivity contribution in [2.75, 3.05) is 19.1 Å². The molecule has 1 aliphatic carbocycles. The van der Waals surface area contributed by atoms with Gasteiger partial charge in [0.2, 0.25) is 0 Å². The molecule has 1 saturated carbocycles. The lowest BCUT2D eigenvalue weighted by Gasteiger charge is -2.25. The third-order valence-corrected chi connectivity index (χ3v) is 7.07. The second-order valence-electron chi connectivity index (χ2n) is 8.21. The Balaban J connectivity index is 1.98. The van der Waals surface area contributed by atoms with E-state index in [1.54, 1.807) is 6.92 Å². The summed E-state index contributed by atoms with van der Waals surface area (Å²) in [6.07, 6.45) is 1.50. The smallest absolute Gasteiger partial charge is 0.264 e. The number of hydrogen-bond donors (Lipinski definition) is 0. The van der Waals surface area contributed by atoms with Gasteiger partial charge in [-0.25, -0.2) is 8.42 Å². The summed E-state index contributed by atoms with van der Waals surface area (Å²) in [7, 11) is -7.44. The number of aryl methyl sites for hydroxylation is 1. The first kappa shape index (κ1) is 24.9. The first-order valence-electron chi connectivity index (χ1n) is 9.90. The molecule has 2 aromatic rings. The van der Waals surface area contributed by atoms with E-state index in [1.165, 1.54) is 25.1 Å². The fourth-order valence-corrected chi connectivity index (χ4v) is 5.27. The molecule has 1 aromatic carbocycles. The molecule has 0 spiro atoms. The lowest BCUT2D eigenvalue weighted by Crippen LogP contribution is -2.40. The van der Waals surface area contributed by atoms with Crippen LogP contribution in [0.4, 0.5) is 0 Å². The molecule has 0 atom stereocenters. The summed E-state index contributed by atoms with van der Waals surface area (Å²) in [5.41, 5.74) is 0.894. The van der Waals surface area contributed by atoms with Crippen molar-refractivity contribution in [2.24, 2.45) is 11.8 Å². The second kappa shape index (κ2) is 8.92. The molecule has 1 aromatic heterocycles. The predicted octanol–water partition coefficient (Wildman–Crippen LogP) is 1.69. The van der Waals surface area contributed by atoms with E-state index in [0.717, 1.165) is 12.5 Å². The number of benzene rings is 1. The molecule has 0 N–H and O–H groups in total. The first-order valence-corrected chi connectivity index (χ1v) is 13.6. The lowest BCUT2D eigenvalue weighted by molar-refractivity contribution is -0.135. The Hall–Kier alpha value is -2.70. The van der Waals surface area contributed by atoms with Gasteiger partial charge < -0.3 is 4.52 Å². The van der Waals surface area contributed by atoms with Crippen LogP contribution in [0.3, 0.4) is 0 Å². The molecular weight excluding hydrogens is 474 g/mol. The second-order valence-corrected chi connectivity index (χ2v) is 11.8. The quantitative estimate of drug-likeness (QED) is 0.313. The van der Waals surface area contributed by atoms with Crippen molar-refractivity contribution in [3.63, 3.8) is 0 Å². The van der Waals surface area contributed by atoms with Gasteiger partial charge in [-0.2, -0.15) is 8.42 Å². The summed E-state index contributed by atoms with van der Waals surface area (Å²) >= 11 is 0. The Labute approximate surface area is 191 Å². The van der Waals surface area contributed by atoms with E-state index in [1.807, 2.05) is 0 Å². The number of carbonyl (C=O) groups excluding carboxylic acids is 3. The standard InChI is InChI=1S/C21H23NO9S2/c1-11-7-17(31-22-11)19-12(2)14(5-6-18(19)32(3,26)27)21(25)20-15(23)8-13(9-16(20)24)10-30-33(4,28)29/h5-7,13,20H,8-10H2,1-4H3. The molecule has 0 radical (unpaired) electrons. The molecule has 12 heteroatoms. The molecule has 0 aliphatic heterocycles. The highest BCUT2D eigenvalue weighted by Crippen LogP contribution is 2.35. The topological polar surface area (TPSA) is 155 Å². The van der Waals surface area contributed by atoms with Gasteiger partial charge in [-0.15, -0.1) is 0 Å². The van der Waals surface area contributed by atoms with Crippen molar-refractivity contribution in [1.82, 2.24) is 5.16 Å². The summed E-state index contributed by atoms with van der Waals surface area (Å²) in [5, 5.41) is 3.77. The van der Waals surface area contributed by atoms with Gasteiger partial charge in [-0.3, -0.25) is 18.6 Å². The van der Waals surface area contributed by atoms with Gasteiger partial charge in [-0.1, -0.05) is 5.16 Å². The largest absolute Gasteiger partial charge is 0.356 e. The van der Waals surface area contributed by atoms with Crippen molar-refractivity contribution in [2.45, 2.75) is 31.6 Å². The molecule has 178 valence electrons. The van der Waals surface area contributed by atoms with Crippen LogP contribution in [0.1, 0.15) is 34.5 Å². The van der Waals surface area contributed by atoms with Crippen LogP contribution in [0, 0.1) is 25.7 Å². The van der Waals surface area contributed by atoms with Crippen molar-refractivity contribution < 1.29 is 39.9 Å². The molecular formula is C21H23NO9S2. The molecule has 0 amide bonds. The number of sulfone groups is 1. The molecule has 0 unspecified atom stereocenters. The van der Waals surface area contributed by atoms with Gasteiger partial charge in [0.15, 0.2) is 32.9 Å². The van der Waals surface area contributed by atoms with E-state index in [4.69, 9.17) is 4.52 Å². The van der Waals surface area contributed by atoms with Crippen LogP contribution >= 0.6 is 0 Å². The first-order chi connectivity index (χ1) is 15.2. The molecule has 0 bridgehead atoms. The average molecular weight is 498 g/mol. The summed E-state index contributed by atoms with van der Waals surface area (Å²) < 4.78 is 56.9. The Morgan fingerprint density at radius 3 is 2.18 bits per heavy atom. The molecule has 10 nitrogen and oxygen atoms in total. The van der Waals surface area contributed by atoms with Crippen LogP contribution in [0.5, 0.6) is 0 Å². The number of hydrogen-bond acceptors (Lipinski definition) is 10. The van der Waals surface area contributed by atoms with E-state index in [9.17, 15) is 31.2 Å². The zero-order chi connectivity index (χ0) is 24.7. The van der Waals surface area contributed by atoms with Crippen LogP contribution in [-0.2, 0) is 33.7 Å². The van der Waals surface area contributed by atoms with Crippen LogP contribution < -0.4 is 0 Å². The van der Waals surface area contributed by atoms with E-state index in [2.05, 4.69) is 9.34 Å². The number of rotatable bonds is 7. The van der Waals surface area contributed by atoms with Gasteiger partial charge in [0.1, 0.15) is 5.92 Å². The summed E-state index contributed by atoms with van der Waals surface area (Å²) in [5.74, 6) is -4.08. The molecule has 1 fully saturated rings. The van der Waals surface area contributed by atoms with Crippen molar-refractivity contribution >= 4 is 37.3 Å². The Kier molecular flexibility index (Phi) is 6.74. The lowest BCUT2D eigenvalue weighted by atomic mass is 9.76. The minimum absolute atomic E-state index is 0.0176. The summed E-state index contributed by atoms with van der Waals surface area (Å²) in [4.78, 5) is 38.5. The minimum atomic E-state index is -3.74. The summed E-state index contributed by atoms with van der Waals surface area (Å²) in [6, 6.07) is 4.04. The molecule has 1 aliphatic rings. The third-order valence-electron chi connectivity index (χ3n) is 5.37. The SMILES string of the molecule is Cc1cc(-c2c(S(C)(=O)=O)ccc(C(=O)C3C(=O)CC(COS(C)(=O)=O)CC3=O)c2C)on1. The third kappa shape index (κ3) is 5.45. The van der Waals surface area contributed by atoms with Crippen molar-refractivity contribution in [3.8, 4) is 11.3 Å². The monoisotopic (exact) mass is 497 g/mol. The van der Waals surface area contributed by atoms with Gasteiger partial charge in [0.05, 0.1) is 23.5 Å². The zero-order valence-corrected chi connectivity index (χ0v) is 20.1. The minimum Gasteiger partial charge on any atom is -0.356 e. The predicted molar refractivity (Wildman–Crippen MR) is 116 cm³/mol. The number of aromatic nitrogens is 1. The van der Waals surface area contributed by atoms with E-state index in [0.29, 0.717) is 5.69 Å². The van der Waals surface area contributed by atoms with Gasteiger partial charge in [0.25, 0.3) is 10.1 Å². The van der Waals surface area contributed by atoms with Crippen LogP contribution in [0.15, 0.2) is 27.6 Å². The average Bonchev–Trinajstić information content (AvgIpc) is 3.10. The molecule has 1 heterocycles. The normalized spacial score (nSPS) is 19.6. The van der Waals surface area contributed by atoms with Crippen molar-refractivity contribution in [1.29, 1.82) is 0 Å².